The van der Waals surface area contributed by atoms with Crippen LogP contribution in [0.5, 0.6) is 0 Å². The van der Waals surface area contributed by atoms with Gasteiger partial charge in [0.15, 0.2) is 0 Å². The van der Waals surface area contributed by atoms with Crippen LogP contribution in [0.1, 0.15) is 11.1 Å². The molecule has 0 atom stereocenters. The highest BCUT2D eigenvalue weighted by atomic mass is 35.5. The lowest BCUT2D eigenvalue weighted by molar-refractivity contribution is 1.38. The second kappa shape index (κ2) is 4.38. The Morgan fingerprint density at radius 2 is 1.78 bits per heavy atom. The van der Waals surface area contributed by atoms with Crippen LogP contribution in [0.25, 0.3) is 20.8 Å². The summed E-state index contributed by atoms with van der Waals surface area (Å²) in [4.78, 5) is 4.73. The van der Waals surface area contributed by atoms with E-state index in [-0.39, 0.29) is 0 Å². The summed E-state index contributed by atoms with van der Waals surface area (Å²) in [5.41, 5.74) is 4.75. The molecular formula is C15H12ClNS. The van der Waals surface area contributed by atoms with Gasteiger partial charge < -0.3 is 0 Å². The number of benzene rings is 2. The van der Waals surface area contributed by atoms with Gasteiger partial charge in [0.25, 0.3) is 0 Å². The van der Waals surface area contributed by atoms with E-state index < -0.39 is 0 Å². The molecule has 1 nitrogen and oxygen atoms in total. The Labute approximate surface area is 115 Å². The van der Waals surface area contributed by atoms with Crippen molar-refractivity contribution in [1.29, 1.82) is 0 Å². The molecule has 3 heteroatoms. The first-order valence-corrected chi connectivity index (χ1v) is 6.96. The first kappa shape index (κ1) is 11.7. The van der Waals surface area contributed by atoms with Gasteiger partial charge >= 0.3 is 0 Å². The quantitative estimate of drug-likeness (QED) is 0.591. The van der Waals surface area contributed by atoms with Gasteiger partial charge in [-0.3, -0.25) is 0 Å². The largest absolute Gasteiger partial charge is 0.236 e. The molecule has 0 saturated heterocycles. The molecule has 3 rings (SSSR count). The van der Waals surface area contributed by atoms with Crippen LogP contribution >= 0.6 is 22.9 Å². The molecule has 0 amide bonds. The summed E-state index contributed by atoms with van der Waals surface area (Å²) in [6, 6.07) is 12.2. The Balaban J connectivity index is 2.19. The minimum absolute atomic E-state index is 0.756. The van der Waals surface area contributed by atoms with Crippen molar-refractivity contribution in [3.63, 3.8) is 0 Å². The molecule has 90 valence electrons. The highest BCUT2D eigenvalue weighted by molar-refractivity contribution is 7.21. The zero-order valence-electron chi connectivity index (χ0n) is 10.2. The smallest absolute Gasteiger partial charge is 0.124 e. The van der Waals surface area contributed by atoms with Gasteiger partial charge in [0.2, 0.25) is 0 Å². The van der Waals surface area contributed by atoms with E-state index in [1.807, 2.05) is 24.3 Å². The predicted octanol–water partition coefficient (Wildman–Crippen LogP) is 5.23. The van der Waals surface area contributed by atoms with Crippen LogP contribution in [-0.4, -0.2) is 4.98 Å². The monoisotopic (exact) mass is 273 g/mol. The van der Waals surface area contributed by atoms with Crippen LogP contribution in [0.3, 0.4) is 0 Å². The van der Waals surface area contributed by atoms with Crippen LogP contribution in [0, 0.1) is 13.8 Å². The zero-order chi connectivity index (χ0) is 12.7. The third-order valence-electron chi connectivity index (χ3n) is 2.92. The Morgan fingerprint density at radius 1 is 1.06 bits per heavy atom. The zero-order valence-corrected chi connectivity index (χ0v) is 11.8. The molecule has 0 N–H and O–H groups in total. The number of hydrogen-bond acceptors (Lipinski definition) is 2. The summed E-state index contributed by atoms with van der Waals surface area (Å²) in [7, 11) is 0. The van der Waals surface area contributed by atoms with Crippen molar-refractivity contribution < 1.29 is 0 Å². The van der Waals surface area contributed by atoms with Crippen molar-refractivity contribution in [1.82, 2.24) is 4.98 Å². The summed E-state index contributed by atoms with van der Waals surface area (Å²) in [6.45, 7) is 4.23. The maximum Gasteiger partial charge on any atom is 0.124 e. The lowest BCUT2D eigenvalue weighted by Gasteiger charge is -1.96. The molecule has 0 fully saturated rings. The van der Waals surface area contributed by atoms with Crippen LogP contribution < -0.4 is 0 Å². The number of thiazole rings is 1. The van der Waals surface area contributed by atoms with Gasteiger partial charge in [0.05, 0.1) is 10.2 Å². The third kappa shape index (κ3) is 2.02. The highest BCUT2D eigenvalue weighted by Crippen LogP contribution is 2.32. The minimum Gasteiger partial charge on any atom is -0.236 e. The number of aromatic nitrogens is 1. The lowest BCUT2D eigenvalue weighted by Crippen LogP contribution is -1.79. The molecule has 3 aromatic rings. The second-order valence-corrected chi connectivity index (χ2v) is 5.92. The van der Waals surface area contributed by atoms with Gasteiger partial charge in [0, 0.05) is 10.6 Å². The van der Waals surface area contributed by atoms with E-state index in [4.69, 9.17) is 16.6 Å². The summed E-state index contributed by atoms with van der Waals surface area (Å²) in [6.07, 6.45) is 0. The third-order valence-corrected chi connectivity index (χ3v) is 4.22. The number of fused-ring (bicyclic) bond motifs is 1. The van der Waals surface area contributed by atoms with E-state index in [1.54, 1.807) is 11.3 Å². The number of aryl methyl sites for hydroxylation is 2. The molecule has 0 aliphatic heterocycles. The Kier molecular flexibility index (Phi) is 2.84. The van der Waals surface area contributed by atoms with Crippen LogP contribution in [0.15, 0.2) is 36.4 Å². The van der Waals surface area contributed by atoms with Crippen molar-refractivity contribution in [3.8, 4) is 10.6 Å². The standard InChI is InChI=1S/C15H12ClNS/c1-9-7-10(2)14-13(8-9)18-15(17-14)11-3-5-12(16)6-4-11/h3-8H,1-2H3. The topological polar surface area (TPSA) is 12.9 Å². The number of hydrogen-bond donors (Lipinski definition) is 0. The van der Waals surface area contributed by atoms with E-state index in [0.29, 0.717) is 0 Å². The molecule has 1 aromatic heterocycles. The first-order valence-electron chi connectivity index (χ1n) is 5.77. The fourth-order valence-corrected chi connectivity index (χ4v) is 3.36. The van der Waals surface area contributed by atoms with Crippen LogP contribution in [-0.2, 0) is 0 Å². The van der Waals surface area contributed by atoms with Gasteiger partial charge in [-0.1, -0.05) is 29.8 Å². The van der Waals surface area contributed by atoms with Gasteiger partial charge in [0.1, 0.15) is 5.01 Å². The molecule has 0 bridgehead atoms. The molecule has 0 radical (unpaired) electrons. The average molecular weight is 274 g/mol. The Bertz CT molecular complexity index is 713. The molecule has 1 heterocycles. The van der Waals surface area contributed by atoms with Gasteiger partial charge in [-0.05, 0) is 43.2 Å². The molecule has 0 aliphatic carbocycles. The SMILES string of the molecule is Cc1cc(C)c2nc(-c3ccc(Cl)cc3)sc2c1. The molecule has 0 aliphatic rings. The number of halogens is 1. The van der Waals surface area contributed by atoms with Crippen molar-refractivity contribution in [2.75, 3.05) is 0 Å². The fraction of sp³-hybridized carbons (Fsp3) is 0.133. The normalized spacial score (nSPS) is 11.1. The number of nitrogens with zero attached hydrogens (tertiary/aromatic N) is 1. The fourth-order valence-electron chi connectivity index (χ4n) is 2.09. The van der Waals surface area contributed by atoms with E-state index in [9.17, 15) is 0 Å². The summed E-state index contributed by atoms with van der Waals surface area (Å²) in [5.74, 6) is 0. The minimum atomic E-state index is 0.756. The van der Waals surface area contributed by atoms with Crippen molar-refractivity contribution in [3.05, 3.63) is 52.5 Å². The van der Waals surface area contributed by atoms with E-state index in [1.165, 1.54) is 15.8 Å². The van der Waals surface area contributed by atoms with E-state index in [2.05, 4.69) is 26.0 Å². The van der Waals surface area contributed by atoms with Crippen molar-refractivity contribution >= 4 is 33.2 Å². The van der Waals surface area contributed by atoms with Crippen molar-refractivity contribution in [2.24, 2.45) is 0 Å². The van der Waals surface area contributed by atoms with Gasteiger partial charge in [-0.25, -0.2) is 4.98 Å². The summed E-state index contributed by atoms with van der Waals surface area (Å²) in [5, 5.41) is 1.81. The van der Waals surface area contributed by atoms with Crippen LogP contribution in [0.4, 0.5) is 0 Å². The predicted molar refractivity (Wildman–Crippen MR) is 79.5 cm³/mol. The molecule has 18 heavy (non-hydrogen) atoms. The van der Waals surface area contributed by atoms with Gasteiger partial charge in [-0.2, -0.15) is 0 Å². The molecule has 0 spiro atoms. The van der Waals surface area contributed by atoms with Crippen molar-refractivity contribution in [2.45, 2.75) is 13.8 Å². The lowest BCUT2D eigenvalue weighted by atomic mass is 10.1. The summed E-state index contributed by atoms with van der Waals surface area (Å²) >= 11 is 7.64. The number of rotatable bonds is 1. The maximum absolute atomic E-state index is 5.91. The first-order chi connectivity index (χ1) is 8.63. The highest BCUT2D eigenvalue weighted by Gasteiger charge is 2.08. The Hall–Kier alpha value is -1.38. The maximum atomic E-state index is 5.91. The summed E-state index contributed by atoms with van der Waals surface area (Å²) < 4.78 is 1.25. The molecular weight excluding hydrogens is 262 g/mol. The molecule has 0 saturated carbocycles. The molecule has 0 unspecified atom stereocenters. The Morgan fingerprint density at radius 3 is 2.50 bits per heavy atom. The van der Waals surface area contributed by atoms with E-state index in [0.717, 1.165) is 21.1 Å². The molecule has 2 aromatic carbocycles. The van der Waals surface area contributed by atoms with E-state index >= 15 is 0 Å². The van der Waals surface area contributed by atoms with Gasteiger partial charge in [-0.15, -0.1) is 11.3 Å². The average Bonchev–Trinajstić information content (AvgIpc) is 2.74. The second-order valence-electron chi connectivity index (χ2n) is 4.45. The van der Waals surface area contributed by atoms with Crippen LogP contribution in [0.2, 0.25) is 5.02 Å².